The number of alkyl halides is 3. The van der Waals surface area contributed by atoms with Crippen molar-refractivity contribution in [3.05, 3.63) is 65.2 Å². The van der Waals surface area contributed by atoms with E-state index in [2.05, 4.69) is 5.10 Å². The van der Waals surface area contributed by atoms with Gasteiger partial charge in [-0.25, -0.2) is 0 Å². The van der Waals surface area contributed by atoms with Gasteiger partial charge in [-0.1, -0.05) is 43.3 Å². The number of amides is 1. The minimum Gasteiger partial charge on any atom is -0.507 e. The van der Waals surface area contributed by atoms with Gasteiger partial charge in [-0.2, -0.15) is 23.3 Å². The number of hydrazone groups is 1. The summed E-state index contributed by atoms with van der Waals surface area (Å²) >= 11 is 0. The van der Waals surface area contributed by atoms with E-state index in [1.807, 2.05) is 6.92 Å². The monoisotopic (exact) mass is 378 g/mol. The summed E-state index contributed by atoms with van der Waals surface area (Å²) in [5, 5.41) is 24.7. The van der Waals surface area contributed by atoms with E-state index in [1.54, 1.807) is 12.1 Å². The maximum atomic E-state index is 13.2. The highest BCUT2D eigenvalue weighted by Gasteiger charge is 2.53. The molecule has 0 aliphatic carbocycles. The van der Waals surface area contributed by atoms with E-state index in [0.717, 1.165) is 5.56 Å². The van der Waals surface area contributed by atoms with E-state index in [1.165, 1.54) is 36.4 Å². The lowest BCUT2D eigenvalue weighted by atomic mass is 9.95. The molecule has 8 heteroatoms. The van der Waals surface area contributed by atoms with Crippen LogP contribution in [0.3, 0.4) is 0 Å². The lowest BCUT2D eigenvalue weighted by molar-refractivity contribution is -0.0816. The third kappa shape index (κ3) is 3.40. The number of halogens is 3. The van der Waals surface area contributed by atoms with E-state index in [0.29, 0.717) is 11.4 Å². The molecule has 5 nitrogen and oxygen atoms in total. The lowest BCUT2D eigenvalue weighted by Crippen LogP contribution is -2.43. The van der Waals surface area contributed by atoms with Gasteiger partial charge in [0.05, 0.1) is 12.0 Å². The molecule has 142 valence electrons. The number of benzene rings is 2. The Morgan fingerprint density at radius 3 is 2.37 bits per heavy atom. The number of hydrogen-bond acceptors (Lipinski definition) is 4. The van der Waals surface area contributed by atoms with Crippen LogP contribution < -0.4 is 0 Å². The molecule has 1 atom stereocenters. The smallest absolute Gasteiger partial charge is 0.431 e. The maximum absolute atomic E-state index is 13.2. The van der Waals surface area contributed by atoms with Gasteiger partial charge >= 0.3 is 6.18 Å². The molecule has 0 unspecified atom stereocenters. The number of para-hydroxylation sites is 1. The summed E-state index contributed by atoms with van der Waals surface area (Å²) < 4.78 is 39.7. The van der Waals surface area contributed by atoms with Gasteiger partial charge in [0.1, 0.15) is 11.5 Å². The first-order valence-corrected chi connectivity index (χ1v) is 8.26. The summed E-state index contributed by atoms with van der Waals surface area (Å²) in [5.41, 5.74) is -2.81. The molecule has 0 spiro atoms. The van der Waals surface area contributed by atoms with E-state index in [-0.39, 0.29) is 11.1 Å². The molecule has 0 saturated heterocycles. The Labute approximate surface area is 153 Å². The number of hydrogen-bond donors (Lipinski definition) is 2. The van der Waals surface area contributed by atoms with E-state index in [4.69, 9.17) is 0 Å². The summed E-state index contributed by atoms with van der Waals surface area (Å²) in [6.45, 7) is 1.91. The van der Waals surface area contributed by atoms with Crippen molar-refractivity contribution in [2.24, 2.45) is 5.10 Å². The average Bonchev–Trinajstić information content (AvgIpc) is 3.01. The average molecular weight is 378 g/mol. The number of nitrogens with zero attached hydrogens (tertiary/aromatic N) is 2. The van der Waals surface area contributed by atoms with Crippen molar-refractivity contribution < 1.29 is 28.2 Å². The molecule has 27 heavy (non-hydrogen) atoms. The van der Waals surface area contributed by atoms with E-state index >= 15 is 0 Å². The number of aliphatic hydroxyl groups is 1. The molecule has 3 rings (SSSR count). The first-order valence-electron chi connectivity index (χ1n) is 8.26. The summed E-state index contributed by atoms with van der Waals surface area (Å²) in [5.74, 6) is -1.45. The predicted molar refractivity (Wildman–Crippen MR) is 92.1 cm³/mol. The maximum Gasteiger partial charge on any atom is 0.431 e. The second-order valence-corrected chi connectivity index (χ2v) is 6.22. The van der Waals surface area contributed by atoms with Crippen molar-refractivity contribution >= 4 is 11.6 Å². The Kier molecular flexibility index (Phi) is 4.69. The van der Waals surface area contributed by atoms with Crippen LogP contribution in [-0.2, 0) is 12.1 Å². The third-order valence-corrected chi connectivity index (χ3v) is 4.46. The molecule has 2 N–H and O–H groups in total. The molecular formula is C19H17F3N2O3. The van der Waals surface area contributed by atoms with Crippen molar-refractivity contribution in [3.8, 4) is 5.75 Å². The van der Waals surface area contributed by atoms with Crippen molar-refractivity contribution in [3.63, 3.8) is 0 Å². The Morgan fingerprint density at radius 2 is 1.81 bits per heavy atom. The van der Waals surface area contributed by atoms with Crippen LogP contribution in [0.15, 0.2) is 53.6 Å². The molecule has 2 aromatic rings. The standard InChI is InChI=1S/C19H17F3N2O3/c1-2-12-7-9-13(10-8-12)18(27)11-16(19(20,21)22)23-24(18)17(26)14-5-3-4-6-15(14)25/h3-10,25,27H,2,11H2,1H3/t18-/m0/s1. The van der Waals surface area contributed by atoms with Crippen LogP contribution in [0, 0.1) is 0 Å². The van der Waals surface area contributed by atoms with Gasteiger partial charge in [0, 0.05) is 5.56 Å². The van der Waals surface area contributed by atoms with Gasteiger partial charge in [-0.05, 0) is 24.1 Å². The second-order valence-electron chi connectivity index (χ2n) is 6.22. The van der Waals surface area contributed by atoms with Gasteiger partial charge in [0.15, 0.2) is 5.72 Å². The third-order valence-electron chi connectivity index (χ3n) is 4.46. The fraction of sp³-hybridized carbons (Fsp3) is 0.263. The highest BCUT2D eigenvalue weighted by Crippen LogP contribution is 2.41. The number of aromatic hydroxyl groups is 1. The fourth-order valence-electron chi connectivity index (χ4n) is 2.92. The van der Waals surface area contributed by atoms with Crippen LogP contribution in [0.2, 0.25) is 0 Å². The fourth-order valence-corrected chi connectivity index (χ4v) is 2.92. The van der Waals surface area contributed by atoms with Crippen LogP contribution >= 0.6 is 0 Å². The topological polar surface area (TPSA) is 73.1 Å². The number of carbonyl (C=O) groups excluding carboxylic acids is 1. The molecule has 0 bridgehead atoms. The van der Waals surface area contributed by atoms with Crippen molar-refractivity contribution in [2.75, 3.05) is 0 Å². The molecule has 0 fully saturated rings. The molecule has 2 aromatic carbocycles. The highest BCUT2D eigenvalue weighted by atomic mass is 19.4. The first-order chi connectivity index (χ1) is 12.7. The van der Waals surface area contributed by atoms with E-state index < -0.39 is 35.7 Å². The molecule has 1 amide bonds. The van der Waals surface area contributed by atoms with Gasteiger partial charge in [-0.15, -0.1) is 0 Å². The van der Waals surface area contributed by atoms with Crippen LogP contribution in [-0.4, -0.2) is 33.0 Å². The van der Waals surface area contributed by atoms with Crippen molar-refractivity contribution in [1.29, 1.82) is 0 Å². The Bertz CT molecular complexity index is 894. The second kappa shape index (κ2) is 6.70. The molecule has 1 heterocycles. The molecular weight excluding hydrogens is 361 g/mol. The number of rotatable bonds is 3. The molecule has 1 aliphatic heterocycles. The van der Waals surface area contributed by atoms with Crippen molar-refractivity contribution in [2.45, 2.75) is 31.7 Å². The molecule has 0 aromatic heterocycles. The number of phenols is 1. The number of aryl methyl sites for hydroxylation is 1. The predicted octanol–water partition coefficient (Wildman–Crippen LogP) is 3.56. The lowest BCUT2D eigenvalue weighted by Gasteiger charge is -2.31. The number of carbonyl (C=O) groups is 1. The van der Waals surface area contributed by atoms with Gasteiger partial charge in [0.2, 0.25) is 0 Å². The Hall–Kier alpha value is -2.87. The van der Waals surface area contributed by atoms with Crippen LogP contribution in [0.1, 0.15) is 34.8 Å². The summed E-state index contributed by atoms with van der Waals surface area (Å²) in [6, 6.07) is 11.7. The summed E-state index contributed by atoms with van der Waals surface area (Å²) in [7, 11) is 0. The van der Waals surface area contributed by atoms with Crippen LogP contribution in [0.5, 0.6) is 5.75 Å². The minimum absolute atomic E-state index is 0.103. The highest BCUT2D eigenvalue weighted by molar-refractivity contribution is 6.01. The zero-order chi connectivity index (χ0) is 19.8. The summed E-state index contributed by atoms with van der Waals surface area (Å²) in [4.78, 5) is 12.8. The first kappa shape index (κ1) is 18.9. The molecule has 1 aliphatic rings. The van der Waals surface area contributed by atoms with Gasteiger partial charge < -0.3 is 10.2 Å². The SMILES string of the molecule is CCc1ccc([C@@]2(O)CC(C(F)(F)F)=NN2C(=O)c2ccccc2O)cc1. The normalized spacial score (nSPS) is 19.9. The Morgan fingerprint density at radius 1 is 1.19 bits per heavy atom. The van der Waals surface area contributed by atoms with E-state index in [9.17, 15) is 28.2 Å². The zero-order valence-corrected chi connectivity index (χ0v) is 14.4. The minimum atomic E-state index is -4.80. The molecule has 0 saturated carbocycles. The Balaban J connectivity index is 2.08. The van der Waals surface area contributed by atoms with Crippen LogP contribution in [0.25, 0.3) is 0 Å². The summed E-state index contributed by atoms with van der Waals surface area (Å²) in [6.07, 6.45) is -4.99. The van der Waals surface area contributed by atoms with Crippen LogP contribution in [0.4, 0.5) is 13.2 Å². The number of phenolic OH excluding ortho intramolecular Hbond substituents is 1. The zero-order valence-electron chi connectivity index (χ0n) is 14.4. The quantitative estimate of drug-likeness (QED) is 0.858. The van der Waals surface area contributed by atoms with Gasteiger partial charge in [0.25, 0.3) is 5.91 Å². The molecule has 0 radical (unpaired) electrons. The largest absolute Gasteiger partial charge is 0.507 e. The van der Waals surface area contributed by atoms with Crippen molar-refractivity contribution in [1.82, 2.24) is 5.01 Å². The van der Waals surface area contributed by atoms with Gasteiger partial charge in [-0.3, -0.25) is 4.79 Å².